The zero-order chi connectivity index (χ0) is 27.3. The predicted octanol–water partition coefficient (Wildman–Crippen LogP) is 1.63. The van der Waals surface area contributed by atoms with E-state index in [0.717, 1.165) is 15.2 Å². The van der Waals surface area contributed by atoms with E-state index in [2.05, 4.69) is 15.0 Å². The van der Waals surface area contributed by atoms with Crippen molar-refractivity contribution < 1.29 is 37.0 Å². The number of fused-ring (bicyclic) bond motifs is 1. The van der Waals surface area contributed by atoms with Crippen molar-refractivity contribution in [2.45, 2.75) is 39.0 Å². The first-order valence-corrected chi connectivity index (χ1v) is 11.0. The summed E-state index contributed by atoms with van der Waals surface area (Å²) in [5.74, 6) is -1.85. The van der Waals surface area contributed by atoms with Crippen LogP contribution < -0.4 is 16.4 Å². The summed E-state index contributed by atoms with van der Waals surface area (Å²) in [6.07, 6.45) is -2.41. The second-order valence-electron chi connectivity index (χ2n) is 7.81. The van der Waals surface area contributed by atoms with Gasteiger partial charge in [0.2, 0.25) is 5.91 Å². The monoisotopic (exact) mass is 524 g/mol. The Bertz CT molecular complexity index is 1450. The third-order valence-corrected chi connectivity index (χ3v) is 5.30. The van der Waals surface area contributed by atoms with Gasteiger partial charge < -0.3 is 24.3 Å². The molecule has 0 fully saturated rings. The molecule has 37 heavy (non-hydrogen) atoms. The molecule has 0 aliphatic carbocycles. The lowest BCUT2D eigenvalue weighted by atomic mass is 10.1. The van der Waals surface area contributed by atoms with Crippen molar-refractivity contribution >= 4 is 28.9 Å². The van der Waals surface area contributed by atoms with Gasteiger partial charge in [-0.05, 0) is 30.7 Å². The minimum atomic E-state index is -4.84. The number of amides is 1. The van der Waals surface area contributed by atoms with Crippen LogP contribution in [0.1, 0.15) is 30.9 Å². The van der Waals surface area contributed by atoms with Gasteiger partial charge in [-0.2, -0.15) is 13.2 Å². The van der Waals surface area contributed by atoms with Crippen LogP contribution in [0.3, 0.4) is 0 Å². The zero-order valence-corrected chi connectivity index (χ0v) is 19.8. The molecule has 3 rings (SSSR count). The number of benzene rings is 1. The maximum atomic E-state index is 13.9. The Labute approximate surface area is 206 Å². The van der Waals surface area contributed by atoms with E-state index >= 15 is 0 Å². The fourth-order valence-electron chi connectivity index (χ4n) is 3.54. The number of aromatic nitrogens is 3. The first kappa shape index (κ1) is 27.2. The second kappa shape index (κ2) is 11.1. The van der Waals surface area contributed by atoms with Crippen molar-refractivity contribution in [2.24, 2.45) is 0 Å². The van der Waals surface area contributed by atoms with E-state index in [9.17, 15) is 37.1 Å². The normalized spacial score (nSPS) is 11.4. The average Bonchev–Trinajstić information content (AvgIpc) is 3.32. The second-order valence-corrected chi connectivity index (χ2v) is 7.81. The molecule has 1 aromatic carbocycles. The maximum absolute atomic E-state index is 13.9. The Hall–Kier alpha value is -4.36. The van der Waals surface area contributed by atoms with E-state index in [1.807, 2.05) is 0 Å². The Morgan fingerprint density at radius 3 is 2.49 bits per heavy atom. The molecule has 0 spiro atoms. The first-order chi connectivity index (χ1) is 17.4. The number of nitrogens with zero attached hydrogens (tertiary/aromatic N) is 2. The summed E-state index contributed by atoms with van der Waals surface area (Å²) < 4.78 is 53.0. The molecule has 0 bridgehead atoms. The molecule has 2 heterocycles. The lowest BCUT2D eigenvalue weighted by Crippen LogP contribution is -2.38. The van der Waals surface area contributed by atoms with Crippen LogP contribution in [0.25, 0.3) is 16.7 Å². The third-order valence-electron chi connectivity index (χ3n) is 5.30. The number of halogens is 3. The van der Waals surface area contributed by atoms with Gasteiger partial charge in [0.05, 0.1) is 42.4 Å². The molecule has 0 unspecified atom stereocenters. The van der Waals surface area contributed by atoms with Crippen molar-refractivity contribution in [2.75, 3.05) is 13.7 Å². The summed E-state index contributed by atoms with van der Waals surface area (Å²) in [5.41, 5.74) is -3.78. The van der Waals surface area contributed by atoms with Gasteiger partial charge in [-0.1, -0.05) is 0 Å². The Kier molecular flexibility index (Phi) is 8.20. The highest BCUT2D eigenvalue weighted by atomic mass is 19.4. The van der Waals surface area contributed by atoms with E-state index < -0.39 is 47.2 Å². The van der Waals surface area contributed by atoms with Gasteiger partial charge >= 0.3 is 29.2 Å². The summed E-state index contributed by atoms with van der Waals surface area (Å²) in [4.78, 5) is 61.7. The van der Waals surface area contributed by atoms with Gasteiger partial charge in [-0.25, -0.2) is 0 Å². The molecule has 11 nitrogen and oxygen atoms in total. The number of aromatic amines is 1. The molecule has 0 aliphatic rings. The molecule has 2 aromatic heterocycles. The first-order valence-electron chi connectivity index (χ1n) is 11.0. The van der Waals surface area contributed by atoms with Crippen LogP contribution in [0.5, 0.6) is 0 Å². The predicted molar refractivity (Wildman–Crippen MR) is 123 cm³/mol. The largest absolute Gasteiger partial charge is 0.469 e. The number of carbonyl (C=O) groups excluding carboxylic acids is 3. The van der Waals surface area contributed by atoms with Gasteiger partial charge in [0, 0.05) is 25.4 Å². The molecule has 14 heteroatoms. The maximum Gasteiger partial charge on any atom is 0.418 e. The molecule has 0 saturated carbocycles. The number of methoxy groups -OCH3 is 1. The van der Waals surface area contributed by atoms with Crippen molar-refractivity contribution in [1.29, 1.82) is 0 Å². The van der Waals surface area contributed by atoms with Crippen LogP contribution in [0.4, 0.5) is 13.2 Å². The summed E-state index contributed by atoms with van der Waals surface area (Å²) >= 11 is 0. The lowest BCUT2D eigenvalue weighted by Gasteiger charge is -2.17. The van der Waals surface area contributed by atoms with Crippen molar-refractivity contribution in [3.63, 3.8) is 0 Å². The van der Waals surface area contributed by atoms with Gasteiger partial charge in [0.1, 0.15) is 6.54 Å². The van der Waals surface area contributed by atoms with Gasteiger partial charge in [0.15, 0.2) is 0 Å². The number of nitrogens with one attached hydrogen (secondary N) is 2. The van der Waals surface area contributed by atoms with Crippen LogP contribution >= 0.6 is 0 Å². The van der Waals surface area contributed by atoms with Gasteiger partial charge in [-0.3, -0.25) is 28.5 Å². The highest BCUT2D eigenvalue weighted by molar-refractivity contribution is 5.82. The van der Waals surface area contributed by atoms with Crippen molar-refractivity contribution in [3.05, 3.63) is 62.4 Å². The van der Waals surface area contributed by atoms with Gasteiger partial charge in [0.25, 0.3) is 0 Å². The number of H-pyrrole nitrogens is 1. The van der Waals surface area contributed by atoms with Crippen LogP contribution in [0, 0.1) is 0 Å². The summed E-state index contributed by atoms with van der Waals surface area (Å²) in [6.45, 7) is 0.842. The zero-order valence-electron chi connectivity index (χ0n) is 19.8. The number of alkyl halides is 3. The summed E-state index contributed by atoms with van der Waals surface area (Å²) in [7, 11) is 1.19. The standard InChI is InChI=1S/C23H23F3N4O7/c1-3-37-20(33)12-30-17-9-16(14(23(24,25)26)8-15(17)28-21(34)22(30)35)29-7-6-13(11-29)10-27-18(31)4-5-19(32)36-2/h6-9,11H,3-5,10,12H2,1-2H3,(H,27,31)(H,28,34). The third kappa shape index (κ3) is 6.45. The summed E-state index contributed by atoms with van der Waals surface area (Å²) in [5, 5.41) is 2.56. The number of hydrogen-bond donors (Lipinski definition) is 2. The number of esters is 2. The van der Waals surface area contributed by atoms with Crippen LogP contribution in [0.2, 0.25) is 0 Å². The van der Waals surface area contributed by atoms with Gasteiger partial charge in [-0.15, -0.1) is 0 Å². The molecular weight excluding hydrogens is 501 g/mol. The Morgan fingerprint density at radius 2 is 1.84 bits per heavy atom. The number of rotatable bonds is 9. The molecule has 3 aromatic rings. The molecule has 198 valence electrons. The van der Waals surface area contributed by atoms with Crippen molar-refractivity contribution in [3.8, 4) is 5.69 Å². The number of hydrogen-bond acceptors (Lipinski definition) is 7. The molecule has 0 aliphatic heterocycles. The molecule has 0 atom stereocenters. The molecule has 0 saturated heterocycles. The lowest BCUT2D eigenvalue weighted by molar-refractivity contribution is -0.144. The fourth-order valence-corrected chi connectivity index (χ4v) is 3.54. The van der Waals surface area contributed by atoms with E-state index in [1.165, 1.54) is 32.5 Å². The van der Waals surface area contributed by atoms with Crippen LogP contribution in [-0.2, 0) is 43.1 Å². The molecule has 2 N–H and O–H groups in total. The van der Waals surface area contributed by atoms with E-state index in [0.29, 0.717) is 11.6 Å². The minimum absolute atomic E-state index is 0.00352. The number of ether oxygens (including phenoxy) is 2. The van der Waals surface area contributed by atoms with E-state index in [1.54, 1.807) is 0 Å². The summed E-state index contributed by atoms with van der Waals surface area (Å²) in [6, 6.07) is 3.19. The van der Waals surface area contributed by atoms with E-state index in [-0.39, 0.29) is 42.7 Å². The minimum Gasteiger partial charge on any atom is -0.469 e. The SMILES string of the molecule is CCOC(=O)Cn1c(=O)c(=O)[nH]c2cc(C(F)(F)F)c(-n3ccc(CNC(=O)CCC(=O)OC)c3)cc21. The average molecular weight is 524 g/mol. The highest BCUT2D eigenvalue weighted by Crippen LogP contribution is 2.36. The smallest absolute Gasteiger partial charge is 0.418 e. The van der Waals surface area contributed by atoms with E-state index in [4.69, 9.17) is 4.74 Å². The Balaban J connectivity index is 2.01. The Morgan fingerprint density at radius 1 is 1.11 bits per heavy atom. The van der Waals surface area contributed by atoms with Crippen LogP contribution in [-0.4, -0.2) is 45.7 Å². The van der Waals surface area contributed by atoms with Crippen LogP contribution in [0.15, 0.2) is 40.2 Å². The molecular formula is C23H23F3N4O7. The van der Waals surface area contributed by atoms with Crippen molar-refractivity contribution in [1.82, 2.24) is 19.4 Å². The number of carbonyl (C=O) groups is 3. The quantitative estimate of drug-likeness (QED) is 0.320. The fraction of sp³-hybridized carbons (Fsp3) is 0.348. The molecule has 0 radical (unpaired) electrons. The topological polar surface area (TPSA) is 141 Å². The highest BCUT2D eigenvalue weighted by Gasteiger charge is 2.35. The molecule has 1 amide bonds.